The van der Waals surface area contributed by atoms with Crippen molar-refractivity contribution in [2.24, 2.45) is 5.41 Å². The molecule has 3 aliphatic rings. The molecule has 0 amide bonds. The first-order valence-corrected chi connectivity index (χ1v) is 7.79. The number of Topliss-reactive ketones (excluding diaryl/α,β-unsaturated/α-hetero) is 1. The van der Waals surface area contributed by atoms with E-state index in [2.05, 4.69) is 0 Å². The number of ether oxygens (including phenoxy) is 3. The molecule has 5 heteroatoms. The third kappa shape index (κ3) is 2.40. The molecule has 120 valence electrons. The van der Waals surface area contributed by atoms with Crippen LogP contribution in [-0.2, 0) is 14.3 Å². The van der Waals surface area contributed by atoms with Crippen LogP contribution < -0.4 is 9.47 Å². The Balaban J connectivity index is 1.78. The van der Waals surface area contributed by atoms with Gasteiger partial charge in [0.15, 0.2) is 17.3 Å². The van der Waals surface area contributed by atoms with Crippen LogP contribution in [0.3, 0.4) is 0 Å². The zero-order chi connectivity index (χ0) is 16.2. The van der Waals surface area contributed by atoms with Gasteiger partial charge in [-0.1, -0.05) is 19.9 Å². The van der Waals surface area contributed by atoms with Crippen molar-refractivity contribution < 1.29 is 23.8 Å². The average Bonchev–Trinajstić information content (AvgIpc) is 2.91. The van der Waals surface area contributed by atoms with E-state index in [1.54, 1.807) is 0 Å². The second-order valence-corrected chi connectivity index (χ2v) is 7.12. The molecule has 23 heavy (non-hydrogen) atoms. The van der Waals surface area contributed by atoms with Gasteiger partial charge in [-0.2, -0.15) is 0 Å². The third-order valence-electron chi connectivity index (χ3n) is 4.63. The molecule has 0 spiro atoms. The molecule has 0 aromatic heterocycles. The van der Waals surface area contributed by atoms with E-state index in [1.165, 1.54) is 0 Å². The Morgan fingerprint density at radius 2 is 1.87 bits per heavy atom. The second-order valence-electron chi connectivity index (χ2n) is 7.12. The molecule has 0 saturated heterocycles. The van der Waals surface area contributed by atoms with Crippen molar-refractivity contribution in [3.8, 4) is 11.5 Å². The normalized spacial score (nSPS) is 25.2. The van der Waals surface area contributed by atoms with Gasteiger partial charge < -0.3 is 14.2 Å². The Labute approximate surface area is 134 Å². The highest BCUT2D eigenvalue weighted by Gasteiger charge is 2.42. The van der Waals surface area contributed by atoms with Gasteiger partial charge in [0.25, 0.3) is 0 Å². The number of carbonyl (C=O) groups excluding carboxylic acids is 2. The first kappa shape index (κ1) is 14.3. The van der Waals surface area contributed by atoms with Crippen LogP contribution in [0.1, 0.15) is 44.6 Å². The Morgan fingerprint density at radius 1 is 1.09 bits per heavy atom. The van der Waals surface area contributed by atoms with E-state index in [0.717, 1.165) is 5.56 Å². The van der Waals surface area contributed by atoms with Gasteiger partial charge in [0.2, 0.25) is 6.79 Å². The lowest BCUT2D eigenvalue weighted by Crippen LogP contribution is -2.33. The fraction of sp³-hybridized carbons (Fsp3) is 0.444. The molecule has 2 aliphatic heterocycles. The number of fused-ring (bicyclic) bond motifs is 1. The molecular weight excluding hydrogens is 296 g/mol. The lowest BCUT2D eigenvalue weighted by Gasteiger charge is -2.36. The van der Waals surface area contributed by atoms with E-state index in [-0.39, 0.29) is 36.3 Å². The Hall–Kier alpha value is -2.30. The summed E-state index contributed by atoms with van der Waals surface area (Å²) < 4.78 is 16.1. The molecule has 0 N–H and O–H groups in total. The van der Waals surface area contributed by atoms with Crippen LogP contribution in [0, 0.1) is 5.41 Å². The minimum Gasteiger partial charge on any atom is -0.454 e. The van der Waals surface area contributed by atoms with Crippen molar-refractivity contribution in [1.82, 2.24) is 0 Å². The number of hydrogen-bond acceptors (Lipinski definition) is 5. The molecule has 2 heterocycles. The van der Waals surface area contributed by atoms with Gasteiger partial charge in [0, 0.05) is 24.3 Å². The largest absolute Gasteiger partial charge is 0.454 e. The predicted molar refractivity (Wildman–Crippen MR) is 81.1 cm³/mol. The van der Waals surface area contributed by atoms with E-state index in [1.807, 2.05) is 32.0 Å². The van der Waals surface area contributed by atoms with Crippen molar-refractivity contribution in [2.75, 3.05) is 6.79 Å². The zero-order valence-corrected chi connectivity index (χ0v) is 13.2. The van der Waals surface area contributed by atoms with Crippen molar-refractivity contribution in [3.05, 3.63) is 35.1 Å². The monoisotopic (exact) mass is 314 g/mol. The number of ketones is 1. The summed E-state index contributed by atoms with van der Waals surface area (Å²) >= 11 is 0. The standard InChI is InChI=1S/C18H18O5/c1-18(2)7-12(19)17-11(6-16(20)23-15(17)8-18)10-3-4-13-14(5-10)22-9-21-13/h3-5,11H,6-9H2,1-2H3. The predicted octanol–water partition coefficient (Wildman–Crippen LogP) is 3.09. The molecule has 1 aromatic carbocycles. The van der Waals surface area contributed by atoms with Gasteiger partial charge in [0.05, 0.1) is 6.42 Å². The average molecular weight is 314 g/mol. The van der Waals surface area contributed by atoms with E-state index in [0.29, 0.717) is 35.7 Å². The Bertz CT molecular complexity index is 744. The zero-order valence-electron chi connectivity index (χ0n) is 13.2. The number of esters is 1. The van der Waals surface area contributed by atoms with E-state index in [4.69, 9.17) is 14.2 Å². The van der Waals surface area contributed by atoms with E-state index in [9.17, 15) is 9.59 Å². The summed E-state index contributed by atoms with van der Waals surface area (Å²) in [6, 6.07) is 5.59. The third-order valence-corrected chi connectivity index (χ3v) is 4.63. The van der Waals surface area contributed by atoms with Crippen LogP contribution in [0.15, 0.2) is 29.5 Å². The fourth-order valence-corrected chi connectivity index (χ4v) is 3.62. The molecule has 4 rings (SSSR count). The molecule has 0 saturated carbocycles. The molecule has 1 aromatic rings. The topological polar surface area (TPSA) is 61.8 Å². The number of allylic oxidation sites excluding steroid dienone is 2. The first-order valence-electron chi connectivity index (χ1n) is 7.79. The molecular formula is C18H18O5. The quantitative estimate of drug-likeness (QED) is 0.745. The highest BCUT2D eigenvalue weighted by atomic mass is 16.7. The van der Waals surface area contributed by atoms with Crippen LogP contribution in [0.2, 0.25) is 0 Å². The number of rotatable bonds is 1. The van der Waals surface area contributed by atoms with Crippen molar-refractivity contribution >= 4 is 11.8 Å². The molecule has 0 bridgehead atoms. The first-order chi connectivity index (χ1) is 10.9. The maximum absolute atomic E-state index is 12.7. The smallest absolute Gasteiger partial charge is 0.311 e. The lowest BCUT2D eigenvalue weighted by atomic mass is 9.71. The summed E-state index contributed by atoms with van der Waals surface area (Å²) in [7, 11) is 0. The maximum Gasteiger partial charge on any atom is 0.311 e. The summed E-state index contributed by atoms with van der Waals surface area (Å²) in [6.07, 6.45) is 1.27. The van der Waals surface area contributed by atoms with Gasteiger partial charge in [-0.05, 0) is 23.1 Å². The van der Waals surface area contributed by atoms with Gasteiger partial charge >= 0.3 is 5.97 Å². The second kappa shape index (κ2) is 4.85. The summed E-state index contributed by atoms with van der Waals surface area (Å²) in [5.74, 6) is 1.43. The molecule has 1 aliphatic carbocycles. The van der Waals surface area contributed by atoms with Crippen molar-refractivity contribution in [1.29, 1.82) is 0 Å². The minimum atomic E-state index is -0.281. The van der Waals surface area contributed by atoms with E-state index >= 15 is 0 Å². The highest BCUT2D eigenvalue weighted by Crippen LogP contribution is 2.47. The van der Waals surface area contributed by atoms with E-state index < -0.39 is 0 Å². The highest BCUT2D eigenvalue weighted by molar-refractivity contribution is 6.00. The minimum absolute atomic E-state index is 0.0754. The van der Waals surface area contributed by atoms with Gasteiger partial charge in [-0.15, -0.1) is 0 Å². The summed E-state index contributed by atoms with van der Waals surface area (Å²) in [6.45, 7) is 4.24. The van der Waals surface area contributed by atoms with Crippen LogP contribution in [0.4, 0.5) is 0 Å². The summed E-state index contributed by atoms with van der Waals surface area (Å²) in [5, 5.41) is 0. The molecule has 1 atom stereocenters. The van der Waals surface area contributed by atoms with Crippen molar-refractivity contribution in [3.63, 3.8) is 0 Å². The number of benzene rings is 1. The van der Waals surface area contributed by atoms with Gasteiger partial charge in [-0.25, -0.2) is 0 Å². The maximum atomic E-state index is 12.7. The lowest BCUT2D eigenvalue weighted by molar-refractivity contribution is -0.142. The van der Waals surface area contributed by atoms with Crippen LogP contribution in [-0.4, -0.2) is 18.5 Å². The Morgan fingerprint density at radius 3 is 2.70 bits per heavy atom. The summed E-state index contributed by atoms with van der Waals surface area (Å²) in [5.41, 5.74) is 1.38. The van der Waals surface area contributed by atoms with Gasteiger partial charge in [0.1, 0.15) is 5.76 Å². The molecule has 1 unspecified atom stereocenters. The van der Waals surface area contributed by atoms with Gasteiger partial charge in [-0.3, -0.25) is 9.59 Å². The van der Waals surface area contributed by atoms with Crippen LogP contribution in [0.5, 0.6) is 11.5 Å². The Kier molecular flexibility index (Phi) is 3.01. The number of hydrogen-bond donors (Lipinski definition) is 0. The fourth-order valence-electron chi connectivity index (χ4n) is 3.62. The number of carbonyl (C=O) groups is 2. The van der Waals surface area contributed by atoms with Crippen LogP contribution >= 0.6 is 0 Å². The molecule has 0 radical (unpaired) electrons. The van der Waals surface area contributed by atoms with Crippen molar-refractivity contribution in [2.45, 2.75) is 39.0 Å². The SMILES string of the molecule is CC1(C)CC(=O)C2=C(C1)OC(=O)CC2c1ccc2c(c1)OCO2. The van der Waals surface area contributed by atoms with Crippen LogP contribution in [0.25, 0.3) is 0 Å². The molecule has 0 fully saturated rings. The summed E-state index contributed by atoms with van der Waals surface area (Å²) in [4.78, 5) is 24.7. The molecule has 5 nitrogen and oxygen atoms in total.